The Bertz CT molecular complexity index is 323. The van der Waals surface area contributed by atoms with E-state index in [-0.39, 0.29) is 0 Å². The molecule has 0 aliphatic rings. The van der Waals surface area contributed by atoms with Crippen molar-refractivity contribution in [1.82, 2.24) is 4.98 Å². The Hall–Kier alpha value is -1.09. The van der Waals surface area contributed by atoms with Gasteiger partial charge in [0.05, 0.1) is 5.70 Å². The van der Waals surface area contributed by atoms with Crippen molar-refractivity contribution in [3.05, 3.63) is 34.3 Å². The minimum absolute atomic E-state index is 0.739. The molecule has 0 amide bonds. The lowest BCUT2D eigenvalue weighted by atomic mass is 10.3. The summed E-state index contributed by atoms with van der Waals surface area (Å²) in [7, 11) is 0. The van der Waals surface area contributed by atoms with Crippen molar-refractivity contribution < 1.29 is 0 Å². The van der Waals surface area contributed by atoms with Gasteiger partial charge in [-0.2, -0.15) is 0 Å². The number of hydrogen-bond donors (Lipinski definition) is 1. The number of aromatic nitrogens is 1. The second-order valence-corrected chi connectivity index (χ2v) is 3.61. The van der Waals surface area contributed by atoms with Crippen LogP contribution in [0.5, 0.6) is 0 Å². The highest BCUT2D eigenvalue weighted by Crippen LogP contribution is 2.14. The van der Waals surface area contributed by atoms with Gasteiger partial charge in [0, 0.05) is 11.1 Å². The lowest BCUT2D eigenvalue weighted by Gasteiger charge is -1.91. The zero-order valence-electron chi connectivity index (χ0n) is 7.95. The molecule has 13 heavy (non-hydrogen) atoms. The van der Waals surface area contributed by atoms with Gasteiger partial charge < -0.3 is 5.73 Å². The van der Waals surface area contributed by atoms with Crippen LogP contribution in [-0.4, -0.2) is 4.98 Å². The second kappa shape index (κ2) is 4.82. The fourth-order valence-electron chi connectivity index (χ4n) is 0.866. The molecule has 0 aliphatic heterocycles. The van der Waals surface area contributed by atoms with E-state index in [9.17, 15) is 0 Å². The van der Waals surface area contributed by atoms with Crippen LogP contribution < -0.4 is 5.73 Å². The van der Waals surface area contributed by atoms with Crippen molar-refractivity contribution in [3.63, 3.8) is 0 Å². The maximum atomic E-state index is 5.81. The van der Waals surface area contributed by atoms with Gasteiger partial charge in [-0.05, 0) is 19.4 Å². The minimum Gasteiger partial charge on any atom is -0.396 e. The number of rotatable bonds is 3. The molecule has 3 heteroatoms. The highest BCUT2D eigenvalue weighted by molar-refractivity contribution is 7.10. The molecule has 2 N–H and O–H groups in total. The Labute approximate surface area is 82.8 Å². The van der Waals surface area contributed by atoms with Crippen LogP contribution >= 0.6 is 11.3 Å². The predicted octanol–water partition coefficient (Wildman–Crippen LogP) is 2.72. The summed E-state index contributed by atoms with van der Waals surface area (Å²) in [5.41, 5.74) is 7.57. The molecule has 0 saturated heterocycles. The van der Waals surface area contributed by atoms with Gasteiger partial charge in [-0.15, -0.1) is 11.3 Å². The van der Waals surface area contributed by atoms with Crippen molar-refractivity contribution in [3.8, 4) is 0 Å². The monoisotopic (exact) mass is 194 g/mol. The lowest BCUT2D eigenvalue weighted by Crippen LogP contribution is -1.94. The third kappa shape index (κ3) is 3.03. The molecule has 0 radical (unpaired) electrons. The number of thiazole rings is 1. The first-order valence-corrected chi connectivity index (χ1v) is 5.16. The Morgan fingerprint density at radius 2 is 2.46 bits per heavy atom. The van der Waals surface area contributed by atoms with Gasteiger partial charge in [-0.25, -0.2) is 4.98 Å². The summed E-state index contributed by atoms with van der Waals surface area (Å²) in [6, 6.07) is 0. The Balaban J connectivity index is 2.72. The van der Waals surface area contributed by atoms with Crippen molar-refractivity contribution in [2.24, 2.45) is 5.73 Å². The van der Waals surface area contributed by atoms with Crippen molar-refractivity contribution >= 4 is 17.0 Å². The zero-order chi connectivity index (χ0) is 9.68. The first-order chi connectivity index (χ1) is 6.24. The molecule has 1 aromatic rings. The third-order valence-corrected chi connectivity index (χ3v) is 2.52. The summed E-state index contributed by atoms with van der Waals surface area (Å²) in [5, 5.41) is 2.90. The summed E-state index contributed by atoms with van der Waals surface area (Å²) in [4.78, 5) is 4.28. The molecule has 0 spiro atoms. The van der Waals surface area contributed by atoms with E-state index < -0.39 is 0 Å². The maximum Gasteiger partial charge on any atom is 0.139 e. The predicted molar refractivity (Wildman–Crippen MR) is 58.4 cm³/mol. The number of allylic oxidation sites excluding steroid dienone is 3. The van der Waals surface area contributed by atoms with Gasteiger partial charge in [-0.3, -0.25) is 0 Å². The van der Waals surface area contributed by atoms with Crippen molar-refractivity contribution in [2.45, 2.75) is 20.3 Å². The van der Waals surface area contributed by atoms with E-state index in [4.69, 9.17) is 5.73 Å². The molecule has 0 unspecified atom stereocenters. The fourth-order valence-corrected chi connectivity index (χ4v) is 1.60. The quantitative estimate of drug-likeness (QED) is 0.751. The van der Waals surface area contributed by atoms with Crippen LogP contribution in [0.1, 0.15) is 24.0 Å². The van der Waals surface area contributed by atoms with E-state index in [1.807, 2.05) is 24.5 Å². The van der Waals surface area contributed by atoms with E-state index in [1.165, 1.54) is 0 Å². The zero-order valence-corrected chi connectivity index (χ0v) is 8.77. The van der Waals surface area contributed by atoms with Gasteiger partial charge in [0.25, 0.3) is 0 Å². The van der Waals surface area contributed by atoms with E-state index >= 15 is 0 Å². The number of hydrogen-bond acceptors (Lipinski definition) is 3. The molecule has 0 aromatic carbocycles. The Morgan fingerprint density at radius 3 is 3.00 bits per heavy atom. The maximum absolute atomic E-state index is 5.81. The molecular weight excluding hydrogens is 180 g/mol. The van der Waals surface area contributed by atoms with Crippen LogP contribution in [0.25, 0.3) is 5.70 Å². The van der Waals surface area contributed by atoms with Gasteiger partial charge in [0.2, 0.25) is 0 Å². The van der Waals surface area contributed by atoms with Gasteiger partial charge >= 0.3 is 0 Å². The van der Waals surface area contributed by atoms with Crippen LogP contribution in [0, 0.1) is 6.92 Å². The summed E-state index contributed by atoms with van der Waals surface area (Å²) in [6.07, 6.45) is 6.95. The number of nitrogens with two attached hydrogens (primary N) is 1. The molecule has 0 bridgehead atoms. The van der Waals surface area contributed by atoms with Crippen LogP contribution in [0.4, 0.5) is 0 Å². The van der Waals surface area contributed by atoms with E-state index in [2.05, 4.69) is 18.0 Å². The Kier molecular flexibility index (Phi) is 3.71. The normalized spacial score (nSPS) is 12.6. The van der Waals surface area contributed by atoms with Gasteiger partial charge in [-0.1, -0.05) is 19.1 Å². The van der Waals surface area contributed by atoms with E-state index in [0.29, 0.717) is 0 Å². The third-order valence-electron chi connectivity index (χ3n) is 1.51. The topological polar surface area (TPSA) is 38.9 Å². The summed E-state index contributed by atoms with van der Waals surface area (Å²) >= 11 is 1.58. The highest BCUT2D eigenvalue weighted by Gasteiger charge is 1.99. The first kappa shape index (κ1) is 9.99. The molecular formula is C10H14N2S. The van der Waals surface area contributed by atoms with Crippen LogP contribution in [0.3, 0.4) is 0 Å². The number of aryl methyl sites for hydroxylation is 1. The Morgan fingerprint density at radius 1 is 1.69 bits per heavy atom. The smallest absolute Gasteiger partial charge is 0.139 e. The number of nitrogens with zero attached hydrogens (tertiary/aromatic N) is 1. The largest absolute Gasteiger partial charge is 0.396 e. The highest BCUT2D eigenvalue weighted by atomic mass is 32.1. The van der Waals surface area contributed by atoms with E-state index in [1.54, 1.807) is 11.3 Å². The SMILES string of the molecule is CC/C=C\C=C(/N)c1nc(C)cs1. The van der Waals surface area contributed by atoms with Crippen LogP contribution in [0.15, 0.2) is 23.6 Å². The molecule has 70 valence electrons. The average molecular weight is 194 g/mol. The summed E-state index contributed by atoms with van der Waals surface area (Å²) < 4.78 is 0. The van der Waals surface area contributed by atoms with Gasteiger partial charge in [0.15, 0.2) is 0 Å². The molecule has 0 saturated carbocycles. The molecule has 1 heterocycles. The lowest BCUT2D eigenvalue weighted by molar-refractivity contribution is 1.22. The summed E-state index contributed by atoms with van der Waals surface area (Å²) in [6.45, 7) is 4.06. The molecule has 0 atom stereocenters. The van der Waals surface area contributed by atoms with Gasteiger partial charge in [0.1, 0.15) is 5.01 Å². The molecule has 0 aliphatic carbocycles. The fraction of sp³-hybridized carbons (Fsp3) is 0.300. The minimum atomic E-state index is 0.739. The molecule has 2 nitrogen and oxygen atoms in total. The standard InChI is InChI=1S/C10H14N2S/c1-3-4-5-6-9(11)10-12-8(2)7-13-10/h4-7H,3,11H2,1-2H3/b5-4-,9-6-. The van der Waals surface area contributed by atoms with Crippen LogP contribution in [-0.2, 0) is 0 Å². The average Bonchev–Trinajstić information content (AvgIpc) is 2.52. The van der Waals surface area contributed by atoms with Crippen molar-refractivity contribution in [2.75, 3.05) is 0 Å². The van der Waals surface area contributed by atoms with E-state index in [0.717, 1.165) is 22.8 Å². The first-order valence-electron chi connectivity index (χ1n) is 4.29. The summed E-state index contributed by atoms with van der Waals surface area (Å²) in [5.74, 6) is 0. The molecule has 1 rings (SSSR count). The molecule has 0 fully saturated rings. The van der Waals surface area contributed by atoms with Crippen LogP contribution in [0.2, 0.25) is 0 Å². The molecule has 1 aromatic heterocycles. The second-order valence-electron chi connectivity index (χ2n) is 2.75. The van der Waals surface area contributed by atoms with Crippen molar-refractivity contribution in [1.29, 1.82) is 0 Å².